The van der Waals surface area contributed by atoms with Gasteiger partial charge >= 0.3 is 0 Å². The van der Waals surface area contributed by atoms with Gasteiger partial charge in [-0.25, -0.2) is 4.98 Å². The molecule has 0 unspecified atom stereocenters. The largest absolute Gasteiger partial charge is 0.369 e. The van der Waals surface area contributed by atoms with E-state index in [-0.39, 0.29) is 11.6 Å². The Balaban J connectivity index is 1.27. The van der Waals surface area contributed by atoms with Gasteiger partial charge in [0.25, 0.3) is 5.56 Å². The number of benzene rings is 1. The van der Waals surface area contributed by atoms with E-state index in [1.165, 1.54) is 18.4 Å². The first-order valence-corrected chi connectivity index (χ1v) is 11.0. The summed E-state index contributed by atoms with van der Waals surface area (Å²) in [5, 5.41) is 5.05. The molecule has 1 fully saturated rings. The summed E-state index contributed by atoms with van der Waals surface area (Å²) in [6, 6.07) is 6.13. The van der Waals surface area contributed by atoms with Crippen LogP contribution in [0.3, 0.4) is 0 Å². The van der Waals surface area contributed by atoms with Crippen molar-refractivity contribution in [3.8, 4) is 0 Å². The zero-order chi connectivity index (χ0) is 20.7. The predicted molar refractivity (Wildman–Crippen MR) is 117 cm³/mol. The van der Waals surface area contributed by atoms with Gasteiger partial charge in [0.1, 0.15) is 11.5 Å². The molecule has 3 heterocycles. The van der Waals surface area contributed by atoms with E-state index in [0.29, 0.717) is 5.39 Å². The molecular weight excluding hydrogens is 378 g/mol. The second-order valence-electron chi connectivity index (χ2n) is 8.75. The zero-order valence-corrected chi connectivity index (χ0v) is 17.8. The lowest BCUT2D eigenvalue weighted by Crippen LogP contribution is -2.46. The Morgan fingerprint density at radius 2 is 1.90 bits per heavy atom. The number of rotatable bonds is 4. The Kier molecular flexibility index (Phi) is 5.06. The summed E-state index contributed by atoms with van der Waals surface area (Å²) < 4.78 is 7.26. The van der Waals surface area contributed by atoms with E-state index in [1.54, 1.807) is 10.9 Å². The fourth-order valence-corrected chi connectivity index (χ4v) is 4.64. The molecule has 0 bridgehead atoms. The highest BCUT2D eigenvalue weighted by Gasteiger charge is 2.23. The van der Waals surface area contributed by atoms with Gasteiger partial charge in [0.15, 0.2) is 0 Å². The molecule has 1 aliphatic carbocycles. The molecule has 7 nitrogen and oxygen atoms in total. The van der Waals surface area contributed by atoms with Gasteiger partial charge in [0.2, 0.25) is 0 Å². The molecule has 7 heteroatoms. The predicted octanol–water partition coefficient (Wildman–Crippen LogP) is 3.17. The number of fused-ring (bicyclic) bond motifs is 2. The van der Waals surface area contributed by atoms with Crippen LogP contribution in [-0.2, 0) is 19.4 Å². The van der Waals surface area contributed by atoms with Gasteiger partial charge in [-0.05, 0) is 51.3 Å². The minimum atomic E-state index is 0.0299. The van der Waals surface area contributed by atoms with E-state index in [2.05, 4.69) is 26.0 Å². The fourth-order valence-electron chi connectivity index (χ4n) is 4.64. The number of anilines is 1. The quantitative estimate of drug-likeness (QED) is 0.662. The number of hydrogen-bond donors (Lipinski definition) is 0. The number of hydrogen-bond acceptors (Lipinski definition) is 6. The van der Waals surface area contributed by atoms with Crippen LogP contribution in [0.15, 0.2) is 33.8 Å². The summed E-state index contributed by atoms with van der Waals surface area (Å²) in [4.78, 5) is 22.0. The monoisotopic (exact) mass is 407 g/mol. The molecule has 158 valence electrons. The van der Waals surface area contributed by atoms with Crippen molar-refractivity contribution in [2.45, 2.75) is 52.1 Å². The fraction of sp³-hybridized carbons (Fsp3) is 0.522. The molecule has 1 aromatic carbocycles. The second-order valence-corrected chi connectivity index (χ2v) is 8.75. The minimum absolute atomic E-state index is 0.0299. The van der Waals surface area contributed by atoms with Crippen LogP contribution in [0.1, 0.15) is 49.7 Å². The van der Waals surface area contributed by atoms with E-state index in [9.17, 15) is 4.79 Å². The minimum Gasteiger partial charge on any atom is -0.369 e. The Morgan fingerprint density at radius 1 is 1.10 bits per heavy atom. The van der Waals surface area contributed by atoms with Gasteiger partial charge in [-0.1, -0.05) is 5.16 Å². The number of nitrogens with zero attached hydrogens (tertiary/aromatic N) is 5. The van der Waals surface area contributed by atoms with Crippen LogP contribution >= 0.6 is 0 Å². The maximum atomic E-state index is 12.6. The van der Waals surface area contributed by atoms with Gasteiger partial charge in [-0.15, -0.1) is 0 Å². The standard InChI is InChI=1S/C23H29N5O2/c1-16(2)28-15-24-20-13-17(7-8-19(20)23(28)29)27-11-9-26(10-12-27)14-21-18-5-3-4-6-22(18)30-25-21/h7-8,13,15-16H,3-6,9-12,14H2,1-2H3. The molecule has 0 saturated carbocycles. The van der Waals surface area contributed by atoms with E-state index >= 15 is 0 Å². The van der Waals surface area contributed by atoms with Crippen LogP contribution < -0.4 is 10.5 Å². The molecule has 30 heavy (non-hydrogen) atoms. The average Bonchev–Trinajstić information content (AvgIpc) is 3.17. The molecule has 0 amide bonds. The summed E-state index contributed by atoms with van der Waals surface area (Å²) in [5.74, 6) is 1.11. The molecule has 1 saturated heterocycles. The first-order chi connectivity index (χ1) is 14.6. The van der Waals surface area contributed by atoms with Crippen molar-refractivity contribution < 1.29 is 4.52 Å². The van der Waals surface area contributed by atoms with E-state index in [0.717, 1.165) is 68.2 Å². The van der Waals surface area contributed by atoms with Crippen LogP contribution in [0.5, 0.6) is 0 Å². The SMILES string of the molecule is CC(C)n1cnc2cc(N3CCN(Cc4noc5c4CCCC5)CC3)ccc2c1=O. The van der Waals surface area contributed by atoms with Crippen LogP contribution in [-0.4, -0.2) is 45.8 Å². The lowest BCUT2D eigenvalue weighted by atomic mass is 9.96. The summed E-state index contributed by atoms with van der Waals surface area (Å²) in [6.45, 7) is 8.75. The maximum absolute atomic E-state index is 12.6. The number of aromatic nitrogens is 3. The van der Waals surface area contributed by atoms with Crippen molar-refractivity contribution in [3.63, 3.8) is 0 Å². The Labute approximate surface area is 176 Å². The van der Waals surface area contributed by atoms with Gasteiger partial charge in [0, 0.05) is 56.4 Å². The topological polar surface area (TPSA) is 67.4 Å². The summed E-state index contributed by atoms with van der Waals surface area (Å²) >= 11 is 0. The smallest absolute Gasteiger partial charge is 0.261 e. The van der Waals surface area contributed by atoms with Crippen LogP contribution in [0.25, 0.3) is 10.9 Å². The van der Waals surface area contributed by atoms with Crippen molar-refractivity contribution >= 4 is 16.6 Å². The molecule has 3 aromatic rings. The molecule has 0 N–H and O–H groups in total. The third-order valence-electron chi connectivity index (χ3n) is 6.47. The first kappa shape index (κ1) is 19.3. The molecule has 1 aliphatic heterocycles. The number of aryl methyl sites for hydroxylation is 1. The summed E-state index contributed by atoms with van der Waals surface area (Å²) in [6.07, 6.45) is 6.26. The molecule has 0 atom stereocenters. The summed E-state index contributed by atoms with van der Waals surface area (Å²) in [5.41, 5.74) is 4.43. The van der Waals surface area contributed by atoms with Crippen LogP contribution in [0, 0.1) is 0 Å². The molecule has 0 spiro atoms. The Morgan fingerprint density at radius 3 is 2.70 bits per heavy atom. The van der Waals surface area contributed by atoms with E-state index in [1.807, 2.05) is 26.0 Å². The first-order valence-electron chi connectivity index (χ1n) is 11.0. The van der Waals surface area contributed by atoms with Crippen molar-refractivity contribution in [2.24, 2.45) is 0 Å². The van der Waals surface area contributed by atoms with Crippen molar-refractivity contribution in [1.29, 1.82) is 0 Å². The zero-order valence-electron chi connectivity index (χ0n) is 17.8. The third kappa shape index (κ3) is 3.51. The molecule has 2 aromatic heterocycles. The Bertz CT molecular complexity index is 1110. The van der Waals surface area contributed by atoms with Crippen LogP contribution in [0.2, 0.25) is 0 Å². The van der Waals surface area contributed by atoms with Gasteiger partial charge in [-0.3, -0.25) is 14.3 Å². The highest BCUT2D eigenvalue weighted by molar-refractivity contribution is 5.81. The van der Waals surface area contributed by atoms with Crippen LogP contribution in [0.4, 0.5) is 5.69 Å². The summed E-state index contributed by atoms with van der Waals surface area (Å²) in [7, 11) is 0. The lowest BCUT2D eigenvalue weighted by molar-refractivity contribution is 0.241. The molecule has 0 radical (unpaired) electrons. The average molecular weight is 408 g/mol. The highest BCUT2D eigenvalue weighted by Crippen LogP contribution is 2.26. The van der Waals surface area contributed by atoms with Crippen molar-refractivity contribution in [2.75, 3.05) is 31.1 Å². The Hall–Kier alpha value is -2.67. The normalized spacial score (nSPS) is 17.6. The molecular formula is C23H29N5O2. The van der Waals surface area contributed by atoms with Gasteiger partial charge in [0.05, 0.1) is 17.2 Å². The van der Waals surface area contributed by atoms with E-state index in [4.69, 9.17) is 4.52 Å². The maximum Gasteiger partial charge on any atom is 0.261 e. The second kappa shape index (κ2) is 7.87. The third-order valence-corrected chi connectivity index (χ3v) is 6.47. The molecule has 5 rings (SSSR count). The van der Waals surface area contributed by atoms with E-state index < -0.39 is 0 Å². The highest BCUT2D eigenvalue weighted by atomic mass is 16.5. The van der Waals surface area contributed by atoms with Gasteiger partial charge in [-0.2, -0.15) is 0 Å². The van der Waals surface area contributed by atoms with Crippen molar-refractivity contribution in [3.05, 3.63) is 51.9 Å². The van der Waals surface area contributed by atoms with Crippen molar-refractivity contribution in [1.82, 2.24) is 19.6 Å². The molecule has 2 aliphatic rings. The van der Waals surface area contributed by atoms with Gasteiger partial charge < -0.3 is 9.42 Å². The lowest BCUT2D eigenvalue weighted by Gasteiger charge is -2.36. The number of piperazine rings is 1.